The summed E-state index contributed by atoms with van der Waals surface area (Å²) in [7, 11) is 0. The average molecular weight is 342 g/mol. The summed E-state index contributed by atoms with van der Waals surface area (Å²) in [5, 5.41) is 0. The Kier molecular flexibility index (Phi) is 8.08. The molecule has 1 heterocycles. The predicted octanol–water partition coefficient (Wildman–Crippen LogP) is 4.98. The van der Waals surface area contributed by atoms with Gasteiger partial charge in [-0.3, -0.25) is 9.15 Å². The molecule has 1 aromatic rings. The van der Waals surface area contributed by atoms with E-state index >= 15 is 0 Å². The van der Waals surface area contributed by atoms with E-state index < -0.39 is 17.5 Å². The zero-order valence-electron chi connectivity index (χ0n) is 15.5. The number of ether oxygens (including phenoxy) is 2. The fraction of sp³-hybridized carbons (Fsp3) is 0.778. The minimum Gasteiger partial charge on any atom is -0.459 e. The molecule has 0 aliphatic rings. The Hall–Kier alpha value is -1.72. The molecule has 0 fully saturated rings. The molecule has 1 unspecified atom stereocenters. The van der Waals surface area contributed by atoms with Gasteiger partial charge in [0.05, 0.1) is 6.61 Å². The first-order chi connectivity index (χ1) is 11.3. The molecule has 1 atom stereocenters. The monoisotopic (exact) mass is 342 g/mol. The first-order valence-corrected chi connectivity index (χ1v) is 8.83. The zero-order chi connectivity index (χ0) is 18.2. The average Bonchev–Trinajstić information content (AvgIpc) is 2.45. The van der Waals surface area contributed by atoms with Gasteiger partial charge in [-0.15, -0.1) is 0 Å². The van der Waals surface area contributed by atoms with Crippen LogP contribution in [0.3, 0.4) is 0 Å². The summed E-state index contributed by atoms with van der Waals surface area (Å²) in [4.78, 5) is 24.1. The molecule has 0 N–H and O–H groups in total. The van der Waals surface area contributed by atoms with Crippen LogP contribution < -0.4 is 0 Å². The maximum Gasteiger partial charge on any atom is 0.384 e. The van der Waals surface area contributed by atoms with Crippen LogP contribution in [0.2, 0.25) is 0 Å². The molecule has 0 radical (unpaired) electrons. The van der Waals surface area contributed by atoms with Crippen molar-refractivity contribution in [2.24, 2.45) is 5.92 Å². The Morgan fingerprint density at radius 1 is 1.04 bits per heavy atom. The van der Waals surface area contributed by atoms with Crippen molar-refractivity contribution in [3.63, 3.8) is 0 Å². The van der Waals surface area contributed by atoms with Crippen molar-refractivity contribution in [2.75, 3.05) is 6.61 Å². The summed E-state index contributed by atoms with van der Waals surface area (Å²) in [5.74, 6) is -1.50. The second-order valence-corrected chi connectivity index (χ2v) is 6.74. The van der Waals surface area contributed by atoms with Gasteiger partial charge in [-0.05, 0) is 32.6 Å². The van der Waals surface area contributed by atoms with Crippen LogP contribution in [0.4, 0.5) is 0 Å². The number of esters is 2. The van der Waals surface area contributed by atoms with Gasteiger partial charge in [0.15, 0.2) is 0 Å². The topological polar surface area (TPSA) is 78.9 Å². The normalized spacial score (nSPS) is 12.9. The molecule has 0 saturated heterocycles. The minimum absolute atomic E-state index is 0.211. The lowest BCUT2D eigenvalue weighted by atomic mass is 10.0. The van der Waals surface area contributed by atoms with Gasteiger partial charge in [0.2, 0.25) is 0 Å². The number of rotatable bonds is 11. The number of unbranched alkanes of at least 4 members (excludes halogenated alkanes) is 1. The van der Waals surface area contributed by atoms with E-state index in [0.29, 0.717) is 18.9 Å². The van der Waals surface area contributed by atoms with Crippen LogP contribution in [0, 0.1) is 5.92 Å². The highest BCUT2D eigenvalue weighted by atomic mass is 17.0. The third-order valence-corrected chi connectivity index (χ3v) is 4.00. The zero-order valence-corrected chi connectivity index (χ0v) is 15.5. The number of carbonyl (C=O) groups excluding carboxylic acids is 2. The van der Waals surface area contributed by atoms with Gasteiger partial charge in [0.25, 0.3) is 0 Å². The van der Waals surface area contributed by atoms with Gasteiger partial charge in [-0.1, -0.05) is 46.5 Å². The first kappa shape index (κ1) is 20.3. The number of hydrogen-bond acceptors (Lipinski definition) is 6. The molecular formula is C18H30O6. The fourth-order valence-electron chi connectivity index (χ4n) is 2.49. The van der Waals surface area contributed by atoms with Crippen molar-refractivity contribution in [3.05, 3.63) is 11.5 Å². The second kappa shape index (κ2) is 9.55. The molecule has 0 bridgehead atoms. The molecule has 0 aliphatic heterocycles. The third kappa shape index (κ3) is 6.06. The van der Waals surface area contributed by atoms with Crippen molar-refractivity contribution >= 4 is 11.9 Å². The SMILES string of the molecule is CCCCC(CC)COC(=O)c1ooc1C(=O)OC(C)(C)CCC. The Labute approximate surface area is 143 Å². The highest BCUT2D eigenvalue weighted by Crippen LogP contribution is 2.23. The third-order valence-electron chi connectivity index (χ3n) is 4.00. The van der Waals surface area contributed by atoms with Crippen LogP contribution in [0.1, 0.15) is 94.3 Å². The van der Waals surface area contributed by atoms with Crippen LogP contribution in [0.25, 0.3) is 0 Å². The van der Waals surface area contributed by atoms with Crippen molar-refractivity contribution in [2.45, 2.75) is 78.7 Å². The molecule has 0 amide bonds. The van der Waals surface area contributed by atoms with E-state index in [9.17, 15) is 9.59 Å². The van der Waals surface area contributed by atoms with E-state index in [1.807, 2.05) is 20.8 Å². The molecule has 0 aliphatic carbocycles. The minimum atomic E-state index is -0.704. The van der Waals surface area contributed by atoms with Crippen molar-refractivity contribution in [1.29, 1.82) is 0 Å². The summed E-state index contributed by atoms with van der Waals surface area (Å²) in [6, 6.07) is 0. The van der Waals surface area contributed by atoms with E-state index in [2.05, 4.69) is 23.0 Å². The summed E-state index contributed by atoms with van der Waals surface area (Å²) in [6.45, 7) is 10.1. The number of hydrogen-bond donors (Lipinski definition) is 0. The lowest BCUT2D eigenvalue weighted by molar-refractivity contribution is -0.0579. The summed E-state index contributed by atoms with van der Waals surface area (Å²) in [5.41, 5.74) is -0.625. The lowest BCUT2D eigenvalue weighted by Crippen LogP contribution is -2.29. The van der Waals surface area contributed by atoms with E-state index in [1.54, 1.807) is 0 Å². The summed E-state index contributed by atoms with van der Waals surface area (Å²) in [6.07, 6.45) is 5.74. The van der Waals surface area contributed by atoms with E-state index in [0.717, 1.165) is 32.1 Å². The van der Waals surface area contributed by atoms with Crippen molar-refractivity contribution in [3.8, 4) is 0 Å². The quantitative estimate of drug-likeness (QED) is 0.417. The largest absolute Gasteiger partial charge is 0.459 e. The Balaban J connectivity index is 2.56. The Bertz CT molecular complexity index is 511. The van der Waals surface area contributed by atoms with Crippen molar-refractivity contribution < 1.29 is 28.2 Å². The van der Waals surface area contributed by atoms with E-state index in [4.69, 9.17) is 9.47 Å². The van der Waals surface area contributed by atoms with Crippen LogP contribution >= 0.6 is 0 Å². The van der Waals surface area contributed by atoms with Gasteiger partial charge in [0, 0.05) is 0 Å². The molecule has 138 valence electrons. The first-order valence-electron chi connectivity index (χ1n) is 8.83. The van der Waals surface area contributed by atoms with Crippen LogP contribution in [0.15, 0.2) is 9.15 Å². The van der Waals surface area contributed by atoms with Crippen LogP contribution in [-0.2, 0) is 9.47 Å². The predicted molar refractivity (Wildman–Crippen MR) is 89.0 cm³/mol. The Morgan fingerprint density at radius 3 is 2.17 bits per heavy atom. The van der Waals surface area contributed by atoms with Crippen LogP contribution in [-0.4, -0.2) is 24.1 Å². The standard InChI is InChI=1S/C18H30O6/c1-6-9-10-13(8-3)12-21-16(19)14-15(24-23-14)17(20)22-18(4,5)11-7-2/h13H,6-12H2,1-5H3. The molecule has 6 nitrogen and oxygen atoms in total. The van der Waals surface area contributed by atoms with Crippen LogP contribution in [0.5, 0.6) is 0 Å². The molecule has 6 heteroatoms. The van der Waals surface area contributed by atoms with Gasteiger partial charge in [-0.25, -0.2) is 9.59 Å². The van der Waals surface area contributed by atoms with Crippen molar-refractivity contribution in [1.82, 2.24) is 0 Å². The van der Waals surface area contributed by atoms with Gasteiger partial charge in [0.1, 0.15) is 5.60 Å². The Morgan fingerprint density at radius 2 is 1.67 bits per heavy atom. The molecule has 0 spiro atoms. The molecule has 0 saturated carbocycles. The number of carbonyl (C=O) groups is 2. The molecular weight excluding hydrogens is 312 g/mol. The summed E-state index contributed by atoms with van der Waals surface area (Å²) < 4.78 is 19.9. The highest BCUT2D eigenvalue weighted by molar-refractivity contribution is 5.99. The molecule has 1 aromatic heterocycles. The maximum absolute atomic E-state index is 12.1. The van der Waals surface area contributed by atoms with E-state index in [1.165, 1.54) is 0 Å². The molecule has 24 heavy (non-hydrogen) atoms. The fourth-order valence-corrected chi connectivity index (χ4v) is 2.49. The van der Waals surface area contributed by atoms with Gasteiger partial charge < -0.3 is 9.47 Å². The van der Waals surface area contributed by atoms with Gasteiger partial charge in [-0.2, -0.15) is 0 Å². The maximum atomic E-state index is 12.1. The van der Waals surface area contributed by atoms with Gasteiger partial charge >= 0.3 is 23.5 Å². The lowest BCUT2D eigenvalue weighted by Gasteiger charge is -2.24. The smallest absolute Gasteiger partial charge is 0.384 e. The summed E-state index contributed by atoms with van der Waals surface area (Å²) >= 11 is 0. The van der Waals surface area contributed by atoms with E-state index in [-0.39, 0.29) is 11.5 Å². The molecule has 0 aromatic carbocycles. The highest BCUT2D eigenvalue weighted by Gasteiger charge is 2.35. The molecule has 1 rings (SSSR count). The second-order valence-electron chi connectivity index (χ2n) is 6.74.